The number of rotatable bonds is 7. The summed E-state index contributed by atoms with van der Waals surface area (Å²) in [5.74, 6) is 0.800. The monoisotopic (exact) mass is 431 g/mol. The number of nitro groups is 1. The highest BCUT2D eigenvalue weighted by Gasteiger charge is 2.14. The number of aryl methyl sites for hydroxylation is 1. The number of ether oxygens (including phenoxy) is 1. The third-order valence-electron chi connectivity index (χ3n) is 4.43. The normalized spacial score (nSPS) is 11.2. The van der Waals surface area contributed by atoms with Gasteiger partial charge < -0.3 is 14.5 Å². The van der Waals surface area contributed by atoms with E-state index in [-0.39, 0.29) is 17.4 Å². The van der Waals surface area contributed by atoms with Gasteiger partial charge in [0.25, 0.3) is 11.6 Å². The minimum atomic E-state index is -0.585. The number of nitrogens with zero attached hydrogens (tertiary/aromatic N) is 2. The fraction of sp³-hybridized carbons (Fsp3) is 0.167. The first-order valence-electron chi connectivity index (χ1n) is 9.82. The lowest BCUT2D eigenvalue weighted by molar-refractivity contribution is -0.384. The Hall–Kier alpha value is -4.38. The van der Waals surface area contributed by atoms with Gasteiger partial charge in [-0.15, -0.1) is 0 Å². The van der Waals surface area contributed by atoms with Crippen molar-refractivity contribution >= 4 is 23.4 Å². The summed E-state index contributed by atoms with van der Waals surface area (Å²) in [4.78, 5) is 23.0. The molecular formula is C24H21N3O5. The summed E-state index contributed by atoms with van der Waals surface area (Å²) in [5, 5.41) is 23.0. The van der Waals surface area contributed by atoms with E-state index >= 15 is 0 Å². The standard InChI is InChI=1S/C24H21N3O5/c1-15(2)31-20-6-4-5-18(13-20)26-24(28)17(14-25)12-21-8-10-23(32-21)22-9-7-19(27(29)30)11-16(22)3/h4-13,15H,1-3H3,(H,26,28)/b17-12+. The number of carbonyl (C=O) groups is 1. The lowest BCUT2D eigenvalue weighted by Crippen LogP contribution is -2.13. The van der Waals surface area contributed by atoms with Crippen LogP contribution in [-0.4, -0.2) is 16.9 Å². The van der Waals surface area contributed by atoms with Gasteiger partial charge in [-0.25, -0.2) is 0 Å². The van der Waals surface area contributed by atoms with E-state index in [1.54, 1.807) is 49.4 Å². The highest BCUT2D eigenvalue weighted by Crippen LogP contribution is 2.29. The molecule has 1 heterocycles. The Labute approximate surface area is 184 Å². The number of hydrogen-bond donors (Lipinski definition) is 1. The molecular weight excluding hydrogens is 410 g/mol. The van der Waals surface area contributed by atoms with Gasteiger partial charge in [-0.2, -0.15) is 5.26 Å². The first-order chi connectivity index (χ1) is 15.3. The van der Waals surface area contributed by atoms with E-state index in [0.717, 1.165) is 0 Å². The molecule has 0 atom stereocenters. The van der Waals surface area contributed by atoms with E-state index in [1.165, 1.54) is 18.2 Å². The van der Waals surface area contributed by atoms with E-state index in [2.05, 4.69) is 5.32 Å². The minimum Gasteiger partial charge on any atom is -0.491 e. The second kappa shape index (κ2) is 9.62. The van der Waals surface area contributed by atoms with Crippen LogP contribution in [0.2, 0.25) is 0 Å². The molecule has 0 aliphatic heterocycles. The van der Waals surface area contributed by atoms with E-state index in [0.29, 0.717) is 34.1 Å². The smallest absolute Gasteiger partial charge is 0.269 e. The average molecular weight is 431 g/mol. The average Bonchev–Trinajstić information content (AvgIpc) is 3.19. The van der Waals surface area contributed by atoms with Gasteiger partial charge in [0.2, 0.25) is 0 Å². The molecule has 1 N–H and O–H groups in total. The molecule has 2 aromatic carbocycles. The number of carbonyl (C=O) groups excluding carboxylic acids is 1. The van der Waals surface area contributed by atoms with Gasteiger partial charge in [-0.1, -0.05) is 6.07 Å². The summed E-state index contributed by atoms with van der Waals surface area (Å²) in [5.41, 5.74) is 1.70. The number of nitriles is 1. The summed E-state index contributed by atoms with van der Waals surface area (Å²) in [7, 11) is 0. The predicted octanol–water partition coefficient (Wildman–Crippen LogP) is 5.50. The zero-order valence-corrected chi connectivity index (χ0v) is 17.8. The van der Waals surface area contributed by atoms with Crippen molar-refractivity contribution < 1.29 is 18.9 Å². The van der Waals surface area contributed by atoms with Crippen LogP contribution in [0.3, 0.4) is 0 Å². The maximum Gasteiger partial charge on any atom is 0.269 e. The van der Waals surface area contributed by atoms with Crippen LogP contribution in [0.25, 0.3) is 17.4 Å². The summed E-state index contributed by atoms with van der Waals surface area (Å²) in [6.45, 7) is 5.54. The maximum atomic E-state index is 12.6. The van der Waals surface area contributed by atoms with E-state index in [9.17, 15) is 20.2 Å². The van der Waals surface area contributed by atoms with Crippen molar-refractivity contribution in [3.63, 3.8) is 0 Å². The predicted molar refractivity (Wildman–Crippen MR) is 120 cm³/mol. The Kier molecular flexibility index (Phi) is 6.71. The molecule has 162 valence electrons. The van der Waals surface area contributed by atoms with Crippen molar-refractivity contribution in [1.29, 1.82) is 5.26 Å². The molecule has 32 heavy (non-hydrogen) atoms. The molecule has 3 rings (SSSR count). The molecule has 8 nitrogen and oxygen atoms in total. The van der Waals surface area contributed by atoms with Gasteiger partial charge in [0.1, 0.15) is 28.9 Å². The van der Waals surface area contributed by atoms with Gasteiger partial charge in [0, 0.05) is 35.5 Å². The van der Waals surface area contributed by atoms with Crippen LogP contribution in [0.5, 0.6) is 5.75 Å². The summed E-state index contributed by atoms with van der Waals surface area (Å²) >= 11 is 0. The zero-order chi connectivity index (χ0) is 23.3. The Morgan fingerprint density at radius 1 is 1.22 bits per heavy atom. The molecule has 0 saturated carbocycles. The van der Waals surface area contributed by atoms with Crippen LogP contribution in [0.4, 0.5) is 11.4 Å². The molecule has 0 fully saturated rings. The molecule has 0 unspecified atom stereocenters. The molecule has 1 aromatic heterocycles. The van der Waals surface area contributed by atoms with Crippen LogP contribution < -0.4 is 10.1 Å². The van der Waals surface area contributed by atoms with Gasteiger partial charge in [0.05, 0.1) is 11.0 Å². The molecule has 0 spiro atoms. The van der Waals surface area contributed by atoms with E-state index in [1.807, 2.05) is 19.9 Å². The number of benzene rings is 2. The lowest BCUT2D eigenvalue weighted by atomic mass is 10.1. The minimum absolute atomic E-state index is 0.00998. The fourth-order valence-electron chi connectivity index (χ4n) is 3.02. The fourth-order valence-corrected chi connectivity index (χ4v) is 3.02. The van der Waals surface area contributed by atoms with Crippen molar-refractivity contribution in [3.8, 4) is 23.1 Å². The number of hydrogen-bond acceptors (Lipinski definition) is 6. The highest BCUT2D eigenvalue weighted by atomic mass is 16.6. The molecule has 3 aromatic rings. The number of non-ortho nitro benzene ring substituents is 1. The van der Waals surface area contributed by atoms with Crippen LogP contribution in [0, 0.1) is 28.4 Å². The van der Waals surface area contributed by atoms with Crippen LogP contribution in [0.15, 0.2) is 64.6 Å². The van der Waals surface area contributed by atoms with Crippen molar-refractivity contribution in [1.82, 2.24) is 0 Å². The number of anilines is 1. The first-order valence-corrected chi connectivity index (χ1v) is 9.82. The lowest BCUT2D eigenvalue weighted by Gasteiger charge is -2.11. The van der Waals surface area contributed by atoms with Crippen molar-refractivity contribution in [2.75, 3.05) is 5.32 Å². The number of nitrogens with one attached hydrogen (secondary N) is 1. The van der Waals surface area contributed by atoms with Gasteiger partial charge >= 0.3 is 0 Å². The van der Waals surface area contributed by atoms with Crippen molar-refractivity contribution in [2.24, 2.45) is 0 Å². The molecule has 0 saturated heterocycles. The maximum absolute atomic E-state index is 12.6. The second-order valence-electron chi connectivity index (χ2n) is 7.28. The Morgan fingerprint density at radius 2 is 2.00 bits per heavy atom. The third kappa shape index (κ3) is 5.40. The number of nitro benzene ring substituents is 1. The van der Waals surface area contributed by atoms with Crippen LogP contribution in [-0.2, 0) is 4.79 Å². The van der Waals surface area contributed by atoms with Gasteiger partial charge in [0.15, 0.2) is 0 Å². The molecule has 1 amide bonds. The second-order valence-corrected chi connectivity index (χ2v) is 7.28. The molecule has 0 radical (unpaired) electrons. The van der Waals surface area contributed by atoms with Gasteiger partial charge in [-0.05, 0) is 56.7 Å². The molecule has 0 aliphatic carbocycles. The van der Waals surface area contributed by atoms with E-state index in [4.69, 9.17) is 9.15 Å². The number of furan rings is 1. The third-order valence-corrected chi connectivity index (χ3v) is 4.43. The Balaban J connectivity index is 1.79. The summed E-state index contributed by atoms with van der Waals surface area (Å²) in [6, 6.07) is 16.5. The highest BCUT2D eigenvalue weighted by molar-refractivity contribution is 6.09. The number of amides is 1. The van der Waals surface area contributed by atoms with Crippen LogP contribution >= 0.6 is 0 Å². The SMILES string of the molecule is Cc1cc([N+](=O)[O-])ccc1-c1ccc(/C=C(\C#N)C(=O)Nc2cccc(OC(C)C)c2)o1. The van der Waals surface area contributed by atoms with Crippen LogP contribution in [0.1, 0.15) is 25.2 Å². The molecule has 0 aliphatic rings. The Morgan fingerprint density at radius 3 is 2.66 bits per heavy atom. The Bertz CT molecular complexity index is 1230. The van der Waals surface area contributed by atoms with Crippen molar-refractivity contribution in [3.05, 3.63) is 81.6 Å². The molecule has 0 bridgehead atoms. The summed E-state index contributed by atoms with van der Waals surface area (Å²) < 4.78 is 11.4. The largest absolute Gasteiger partial charge is 0.491 e. The molecule has 8 heteroatoms. The first kappa shape index (κ1) is 22.3. The van der Waals surface area contributed by atoms with E-state index < -0.39 is 10.8 Å². The zero-order valence-electron chi connectivity index (χ0n) is 17.8. The summed E-state index contributed by atoms with van der Waals surface area (Å²) in [6.07, 6.45) is 1.33. The van der Waals surface area contributed by atoms with Crippen molar-refractivity contribution in [2.45, 2.75) is 26.9 Å². The quantitative estimate of drug-likeness (QED) is 0.228. The van der Waals surface area contributed by atoms with Gasteiger partial charge in [-0.3, -0.25) is 14.9 Å². The topological polar surface area (TPSA) is 118 Å².